The number of halogens is 1. The highest BCUT2D eigenvalue weighted by molar-refractivity contribution is 14.1. The largest absolute Gasteiger partial charge is 0.324 e. The number of fused-ring (bicyclic) bond motifs is 20. The average Bonchev–Trinajstić information content (AvgIpc) is 3.81. The van der Waals surface area contributed by atoms with Gasteiger partial charge in [0.25, 0.3) is 0 Å². The van der Waals surface area contributed by atoms with E-state index in [0.29, 0.717) is 45.9 Å². The summed E-state index contributed by atoms with van der Waals surface area (Å²) in [6.45, 7) is 20.0. The maximum absolute atomic E-state index is 5.28. The third-order valence-electron chi connectivity index (χ3n) is 10.4. The maximum Gasteiger partial charge on any atom is 0.164 e. The van der Waals surface area contributed by atoms with Gasteiger partial charge in [-0.15, -0.1) is 0 Å². The lowest BCUT2D eigenvalue weighted by Crippen LogP contribution is -2.10. The Bertz CT molecular complexity index is 2860. The number of nitrogens with one attached hydrogen (secondary N) is 2. The molecule has 0 aliphatic carbocycles. The van der Waals surface area contributed by atoms with Crippen molar-refractivity contribution in [3.8, 4) is 45.6 Å². The number of aromatic nitrogens is 8. The van der Waals surface area contributed by atoms with E-state index >= 15 is 0 Å². The molecule has 3 aromatic heterocycles. The molecule has 9 heteroatoms. The first-order chi connectivity index (χ1) is 25.0. The van der Waals surface area contributed by atoms with Gasteiger partial charge in [0.1, 0.15) is 22.6 Å². The van der Waals surface area contributed by atoms with E-state index in [0.717, 1.165) is 47.4 Å². The molecule has 2 aliphatic rings. The zero-order valence-electron chi connectivity index (χ0n) is 31.5. The van der Waals surface area contributed by atoms with Crippen LogP contribution in [0.3, 0.4) is 0 Å². The van der Waals surface area contributed by atoms with Crippen molar-refractivity contribution in [2.24, 2.45) is 0 Å². The van der Waals surface area contributed by atoms with Gasteiger partial charge in [0.15, 0.2) is 23.3 Å². The molecule has 0 atom stereocenters. The molecule has 5 heterocycles. The fourth-order valence-corrected chi connectivity index (χ4v) is 7.66. The lowest BCUT2D eigenvalue weighted by Gasteiger charge is -2.19. The topological polar surface area (TPSA) is 109 Å². The molecule has 7 aromatic rings. The van der Waals surface area contributed by atoms with Gasteiger partial charge in [-0.25, -0.2) is 29.9 Å². The van der Waals surface area contributed by atoms with Crippen molar-refractivity contribution < 1.29 is 0 Å². The monoisotopic (exact) mass is 808 g/mol. The molecule has 0 radical (unpaired) electrons. The van der Waals surface area contributed by atoms with Crippen LogP contribution < -0.4 is 0 Å². The summed E-state index contributed by atoms with van der Waals surface area (Å²) < 4.78 is 1.10. The van der Waals surface area contributed by atoms with Crippen molar-refractivity contribution in [1.29, 1.82) is 0 Å². The average molecular weight is 809 g/mol. The highest BCUT2D eigenvalue weighted by Crippen LogP contribution is 2.40. The predicted molar refractivity (Wildman–Crippen MR) is 225 cm³/mol. The normalized spacial score (nSPS) is 13.1. The molecule has 0 fully saturated rings. The molecule has 53 heavy (non-hydrogen) atoms. The smallest absolute Gasteiger partial charge is 0.164 e. The van der Waals surface area contributed by atoms with E-state index < -0.39 is 0 Å². The number of nitrogens with zero attached hydrogens (tertiary/aromatic N) is 6. The molecule has 2 aliphatic heterocycles. The Balaban J connectivity index is 1.47. The summed E-state index contributed by atoms with van der Waals surface area (Å²) in [5, 5.41) is 3.88. The minimum atomic E-state index is -0.0628. The molecule has 4 aromatic carbocycles. The Hall–Kier alpha value is -5.03. The van der Waals surface area contributed by atoms with Crippen LogP contribution in [0.5, 0.6) is 0 Å². The quantitative estimate of drug-likeness (QED) is 0.148. The Kier molecular flexibility index (Phi) is 7.32. The van der Waals surface area contributed by atoms with E-state index in [-0.39, 0.29) is 16.2 Å². The predicted octanol–water partition coefficient (Wildman–Crippen LogP) is 11.4. The summed E-state index contributed by atoms with van der Waals surface area (Å²) in [6, 6.07) is 26.0. The van der Waals surface area contributed by atoms with Gasteiger partial charge in [0.05, 0.1) is 0 Å². The zero-order chi connectivity index (χ0) is 37.2. The molecule has 0 amide bonds. The van der Waals surface area contributed by atoms with Gasteiger partial charge >= 0.3 is 0 Å². The van der Waals surface area contributed by atoms with Crippen LogP contribution in [-0.4, -0.2) is 39.9 Å². The Labute approximate surface area is 322 Å². The standard InChI is InChI=1S/C44H41IN8/c1-42(2,3)22-10-14-26-30(18-22)38-47-34(26)46-35-27-15-11-24(44(7,8)9)20-32(27)40(48-35)53-41-33-21-25(45)13-17-29(33)37(52-41)51-39-31-19-23(43(4,5)6)12-16-28(31)36(49-38)50-39/h10-21H,1-9H3,(H2,46,47,48,49,50,51,52,53). The van der Waals surface area contributed by atoms with Crippen LogP contribution in [0.25, 0.3) is 89.7 Å². The molecular weight excluding hydrogens is 767 g/mol. The van der Waals surface area contributed by atoms with Gasteiger partial charge < -0.3 is 9.97 Å². The Morgan fingerprint density at radius 1 is 0.377 bits per heavy atom. The molecule has 8 bridgehead atoms. The van der Waals surface area contributed by atoms with Crippen LogP contribution in [0.2, 0.25) is 0 Å². The second-order valence-electron chi connectivity index (χ2n) is 17.3. The van der Waals surface area contributed by atoms with E-state index in [2.05, 4.69) is 168 Å². The number of aromatic amines is 2. The van der Waals surface area contributed by atoms with E-state index in [9.17, 15) is 0 Å². The van der Waals surface area contributed by atoms with Crippen molar-refractivity contribution in [3.63, 3.8) is 0 Å². The first kappa shape index (κ1) is 33.8. The summed E-state index contributed by atoms with van der Waals surface area (Å²) in [4.78, 5) is 38.5. The van der Waals surface area contributed by atoms with Crippen molar-refractivity contribution in [1.82, 2.24) is 39.9 Å². The number of benzene rings is 4. The van der Waals surface area contributed by atoms with E-state index in [1.807, 2.05) is 0 Å². The van der Waals surface area contributed by atoms with Crippen LogP contribution in [0.15, 0.2) is 72.8 Å². The molecule has 8 nitrogen and oxygen atoms in total. The number of H-pyrrole nitrogens is 2. The number of rotatable bonds is 0. The second-order valence-corrected chi connectivity index (χ2v) is 18.6. The first-order valence-corrected chi connectivity index (χ1v) is 19.2. The lowest BCUT2D eigenvalue weighted by atomic mass is 9.85. The highest BCUT2D eigenvalue weighted by atomic mass is 127. The second kappa shape index (κ2) is 11.5. The van der Waals surface area contributed by atoms with Crippen LogP contribution in [0, 0.1) is 3.57 Å². The highest BCUT2D eigenvalue weighted by Gasteiger charge is 2.26. The van der Waals surface area contributed by atoms with Crippen molar-refractivity contribution >= 4 is 66.7 Å². The fourth-order valence-electron chi connectivity index (χ4n) is 7.17. The fraction of sp³-hybridized carbons (Fsp3) is 0.273. The van der Waals surface area contributed by atoms with Crippen molar-refractivity contribution in [3.05, 3.63) is 93.1 Å². The first-order valence-electron chi connectivity index (χ1n) is 18.1. The minimum absolute atomic E-state index is 0.0579. The Morgan fingerprint density at radius 3 is 1.19 bits per heavy atom. The molecule has 0 spiro atoms. The van der Waals surface area contributed by atoms with Gasteiger partial charge in [-0.05, 0) is 91.9 Å². The molecule has 0 saturated heterocycles. The summed E-state index contributed by atoms with van der Waals surface area (Å²) in [5.41, 5.74) is 9.96. The van der Waals surface area contributed by atoms with Gasteiger partial charge in [0.2, 0.25) is 0 Å². The van der Waals surface area contributed by atoms with Gasteiger partial charge in [-0.1, -0.05) is 98.7 Å². The number of hydrogen-bond donors (Lipinski definition) is 2. The summed E-state index contributed by atoms with van der Waals surface area (Å²) in [7, 11) is 0. The molecule has 0 saturated carbocycles. The van der Waals surface area contributed by atoms with Crippen LogP contribution in [0.4, 0.5) is 0 Å². The molecule has 9 rings (SSSR count). The van der Waals surface area contributed by atoms with Crippen LogP contribution in [-0.2, 0) is 16.2 Å². The minimum Gasteiger partial charge on any atom is -0.324 e. The van der Waals surface area contributed by atoms with Gasteiger partial charge in [0, 0.05) is 47.4 Å². The third-order valence-corrected chi connectivity index (χ3v) is 11.1. The summed E-state index contributed by atoms with van der Waals surface area (Å²) in [5.74, 6) is 2.41. The van der Waals surface area contributed by atoms with E-state index in [4.69, 9.17) is 29.9 Å². The molecule has 0 unspecified atom stereocenters. The van der Waals surface area contributed by atoms with Crippen LogP contribution >= 0.6 is 22.6 Å². The maximum atomic E-state index is 5.28. The molecule has 2 N–H and O–H groups in total. The zero-order valence-corrected chi connectivity index (χ0v) is 33.6. The molecule has 264 valence electrons. The van der Waals surface area contributed by atoms with Gasteiger partial charge in [-0.3, -0.25) is 0 Å². The van der Waals surface area contributed by atoms with Gasteiger partial charge in [-0.2, -0.15) is 0 Å². The number of hydrogen-bond acceptors (Lipinski definition) is 6. The van der Waals surface area contributed by atoms with Crippen molar-refractivity contribution in [2.45, 2.75) is 78.6 Å². The van der Waals surface area contributed by atoms with E-state index in [1.165, 1.54) is 16.7 Å². The van der Waals surface area contributed by atoms with Crippen LogP contribution in [0.1, 0.15) is 79.0 Å². The summed E-state index contributed by atoms with van der Waals surface area (Å²) in [6.07, 6.45) is 0. The Morgan fingerprint density at radius 2 is 0.736 bits per heavy atom. The van der Waals surface area contributed by atoms with Crippen molar-refractivity contribution in [2.75, 3.05) is 0 Å². The SMILES string of the molecule is CC(C)(C)c1ccc2c(c1)-c1nc-2nc2[nH]c(nc3nc(nc4[nH]c(n1)c1ccc(C(C)(C)C)cc41)-c1ccc(I)cc1-3)c1cc(C(C)(C)C)ccc21. The van der Waals surface area contributed by atoms with E-state index in [1.54, 1.807) is 0 Å². The lowest BCUT2D eigenvalue weighted by molar-refractivity contribution is 0.590. The molecular formula is C44H41IN8. The summed E-state index contributed by atoms with van der Waals surface area (Å²) >= 11 is 2.35. The third kappa shape index (κ3) is 5.71.